The molecule has 1 aromatic carbocycles. The zero-order chi connectivity index (χ0) is 14.7. The molecule has 0 saturated carbocycles. The van der Waals surface area contributed by atoms with Gasteiger partial charge < -0.3 is 21.3 Å². The molecule has 1 rings (SSSR count). The summed E-state index contributed by atoms with van der Waals surface area (Å²) in [6, 6.07) is 9.22. The normalized spacial score (nSPS) is 11.1. The molecular weight excluding hydrogens is 248 g/mol. The van der Waals surface area contributed by atoms with Crippen LogP contribution in [0.25, 0.3) is 0 Å². The quantitative estimate of drug-likeness (QED) is 0.584. The Bertz CT molecular complexity index is 381. The third-order valence-electron chi connectivity index (χ3n) is 2.18. The predicted molar refractivity (Wildman–Crippen MR) is 71.3 cm³/mol. The lowest BCUT2D eigenvalue weighted by Crippen LogP contribution is -2.33. The zero-order valence-electron chi connectivity index (χ0n) is 10.9. The maximum atomic E-state index is 10.5. The Balaban J connectivity index is 0.000000459. The van der Waals surface area contributed by atoms with Crippen LogP contribution in [0.4, 0.5) is 0 Å². The van der Waals surface area contributed by atoms with E-state index >= 15 is 0 Å². The van der Waals surface area contributed by atoms with Gasteiger partial charge in [-0.2, -0.15) is 0 Å². The SMILES string of the molecule is C[C@@H](NCc1ccccc1)C(=O)O.NC(=O)CCO. The van der Waals surface area contributed by atoms with E-state index in [1.807, 2.05) is 30.3 Å². The number of carbonyl (C=O) groups is 2. The van der Waals surface area contributed by atoms with Gasteiger partial charge in [-0.3, -0.25) is 9.59 Å². The van der Waals surface area contributed by atoms with Crippen molar-refractivity contribution in [3.63, 3.8) is 0 Å². The highest BCUT2D eigenvalue weighted by atomic mass is 16.4. The minimum absolute atomic E-state index is 0.0694. The monoisotopic (exact) mass is 268 g/mol. The van der Waals surface area contributed by atoms with Gasteiger partial charge in [0.2, 0.25) is 5.91 Å². The van der Waals surface area contributed by atoms with Crippen molar-refractivity contribution in [1.82, 2.24) is 5.32 Å². The van der Waals surface area contributed by atoms with Crippen molar-refractivity contribution in [2.75, 3.05) is 6.61 Å². The van der Waals surface area contributed by atoms with Gasteiger partial charge in [0.05, 0.1) is 6.61 Å². The molecule has 1 atom stereocenters. The van der Waals surface area contributed by atoms with E-state index in [1.165, 1.54) is 0 Å². The number of carboxylic acids is 1. The van der Waals surface area contributed by atoms with Gasteiger partial charge in [0, 0.05) is 13.0 Å². The lowest BCUT2D eigenvalue weighted by Gasteiger charge is -2.08. The molecule has 1 aromatic rings. The van der Waals surface area contributed by atoms with Gasteiger partial charge in [-0.15, -0.1) is 0 Å². The number of rotatable bonds is 6. The Labute approximate surface area is 112 Å². The van der Waals surface area contributed by atoms with E-state index in [0.717, 1.165) is 5.56 Å². The lowest BCUT2D eigenvalue weighted by atomic mass is 10.2. The second kappa shape index (κ2) is 10.0. The smallest absolute Gasteiger partial charge is 0.320 e. The standard InChI is InChI=1S/C10H13NO2.C3H7NO2/c1-8(10(12)13)11-7-9-5-3-2-4-6-9;4-3(6)1-2-5/h2-6,8,11H,7H2,1H3,(H,12,13);5H,1-2H2,(H2,4,6)/t8-;/m1./s1. The number of aliphatic hydroxyl groups is 1. The summed E-state index contributed by atoms with van der Waals surface area (Å²) in [5.74, 6) is -1.28. The topological polar surface area (TPSA) is 113 Å². The number of nitrogens with two attached hydrogens (primary N) is 1. The summed E-state index contributed by atoms with van der Waals surface area (Å²) in [6.07, 6.45) is 0.0694. The van der Waals surface area contributed by atoms with Crippen LogP contribution in [0, 0.1) is 0 Å². The largest absolute Gasteiger partial charge is 0.480 e. The van der Waals surface area contributed by atoms with Crippen LogP contribution in [0.1, 0.15) is 18.9 Å². The fourth-order valence-electron chi connectivity index (χ4n) is 1.06. The first-order chi connectivity index (χ1) is 8.97. The predicted octanol–water partition coefficient (Wildman–Crippen LogP) is 0.103. The van der Waals surface area contributed by atoms with E-state index in [9.17, 15) is 9.59 Å². The van der Waals surface area contributed by atoms with Gasteiger partial charge >= 0.3 is 5.97 Å². The van der Waals surface area contributed by atoms with E-state index in [-0.39, 0.29) is 13.0 Å². The van der Waals surface area contributed by atoms with Crippen LogP contribution in [-0.2, 0) is 16.1 Å². The van der Waals surface area contributed by atoms with E-state index < -0.39 is 17.9 Å². The average molecular weight is 268 g/mol. The summed E-state index contributed by atoms with van der Waals surface area (Å²) in [4.78, 5) is 20.1. The van der Waals surface area contributed by atoms with Gasteiger partial charge in [-0.05, 0) is 12.5 Å². The third kappa shape index (κ3) is 9.75. The van der Waals surface area contributed by atoms with Crippen molar-refractivity contribution in [1.29, 1.82) is 0 Å². The molecule has 5 N–H and O–H groups in total. The minimum atomic E-state index is -0.823. The molecule has 19 heavy (non-hydrogen) atoms. The van der Waals surface area contributed by atoms with Crippen molar-refractivity contribution in [2.24, 2.45) is 5.73 Å². The Kier molecular flexibility index (Phi) is 9.03. The van der Waals surface area contributed by atoms with Crippen molar-refractivity contribution in [3.05, 3.63) is 35.9 Å². The molecule has 0 unspecified atom stereocenters. The fourth-order valence-corrected chi connectivity index (χ4v) is 1.06. The van der Waals surface area contributed by atoms with E-state index in [0.29, 0.717) is 6.54 Å². The number of benzene rings is 1. The van der Waals surface area contributed by atoms with E-state index in [1.54, 1.807) is 6.92 Å². The van der Waals surface area contributed by atoms with Crippen molar-refractivity contribution < 1.29 is 19.8 Å². The third-order valence-corrected chi connectivity index (χ3v) is 2.18. The molecule has 0 heterocycles. The van der Waals surface area contributed by atoms with Gasteiger partial charge in [-0.25, -0.2) is 0 Å². The molecule has 0 radical (unpaired) electrons. The number of primary amides is 1. The molecule has 1 amide bonds. The lowest BCUT2D eigenvalue weighted by molar-refractivity contribution is -0.139. The maximum Gasteiger partial charge on any atom is 0.320 e. The van der Waals surface area contributed by atoms with Crippen LogP contribution >= 0.6 is 0 Å². The Morgan fingerprint density at radius 3 is 2.26 bits per heavy atom. The summed E-state index contributed by atoms with van der Waals surface area (Å²) in [5.41, 5.74) is 5.70. The van der Waals surface area contributed by atoms with Crippen molar-refractivity contribution in [3.8, 4) is 0 Å². The van der Waals surface area contributed by atoms with Crippen LogP contribution < -0.4 is 11.1 Å². The first-order valence-electron chi connectivity index (χ1n) is 5.86. The van der Waals surface area contributed by atoms with E-state index in [4.69, 9.17) is 10.2 Å². The second-order valence-corrected chi connectivity index (χ2v) is 3.87. The molecule has 0 saturated heterocycles. The summed E-state index contributed by atoms with van der Waals surface area (Å²) in [5, 5.41) is 19.4. The Morgan fingerprint density at radius 1 is 1.32 bits per heavy atom. The van der Waals surface area contributed by atoms with Crippen LogP contribution in [0.15, 0.2) is 30.3 Å². The Morgan fingerprint density at radius 2 is 1.89 bits per heavy atom. The molecular formula is C13H20N2O4. The Hall–Kier alpha value is -1.92. The van der Waals surface area contributed by atoms with Gasteiger partial charge in [0.15, 0.2) is 0 Å². The van der Waals surface area contributed by atoms with Gasteiger partial charge in [-0.1, -0.05) is 30.3 Å². The second-order valence-electron chi connectivity index (χ2n) is 3.87. The maximum absolute atomic E-state index is 10.5. The highest BCUT2D eigenvalue weighted by Crippen LogP contribution is 1.97. The number of carboxylic acid groups (broad SMARTS) is 1. The zero-order valence-corrected chi connectivity index (χ0v) is 10.9. The summed E-state index contributed by atoms with van der Waals surface area (Å²) in [7, 11) is 0. The first kappa shape index (κ1) is 17.1. The molecule has 0 aliphatic heterocycles. The highest BCUT2D eigenvalue weighted by molar-refractivity contribution is 5.73. The minimum Gasteiger partial charge on any atom is -0.480 e. The number of aliphatic hydroxyl groups excluding tert-OH is 1. The average Bonchev–Trinajstić information content (AvgIpc) is 2.37. The van der Waals surface area contributed by atoms with Gasteiger partial charge in [0.25, 0.3) is 0 Å². The molecule has 0 spiro atoms. The highest BCUT2D eigenvalue weighted by Gasteiger charge is 2.08. The molecule has 6 heteroatoms. The summed E-state index contributed by atoms with van der Waals surface area (Å²) in [6.45, 7) is 2.08. The molecule has 6 nitrogen and oxygen atoms in total. The van der Waals surface area contributed by atoms with Crippen LogP contribution in [0.2, 0.25) is 0 Å². The fraction of sp³-hybridized carbons (Fsp3) is 0.385. The summed E-state index contributed by atoms with van der Waals surface area (Å²) < 4.78 is 0. The van der Waals surface area contributed by atoms with Crippen LogP contribution in [0.3, 0.4) is 0 Å². The molecule has 0 aromatic heterocycles. The number of aliphatic carboxylic acids is 1. The number of amides is 1. The van der Waals surface area contributed by atoms with Crippen LogP contribution in [-0.4, -0.2) is 34.7 Å². The van der Waals surface area contributed by atoms with Crippen molar-refractivity contribution >= 4 is 11.9 Å². The number of hydrogen-bond donors (Lipinski definition) is 4. The molecule has 0 aliphatic rings. The van der Waals surface area contributed by atoms with E-state index in [2.05, 4.69) is 11.1 Å². The number of hydrogen-bond acceptors (Lipinski definition) is 4. The van der Waals surface area contributed by atoms with Crippen molar-refractivity contribution in [2.45, 2.75) is 25.9 Å². The van der Waals surface area contributed by atoms with Crippen LogP contribution in [0.5, 0.6) is 0 Å². The number of nitrogens with one attached hydrogen (secondary N) is 1. The summed E-state index contributed by atoms with van der Waals surface area (Å²) >= 11 is 0. The molecule has 0 fully saturated rings. The van der Waals surface area contributed by atoms with Gasteiger partial charge in [0.1, 0.15) is 6.04 Å². The number of carbonyl (C=O) groups excluding carboxylic acids is 1. The molecule has 0 bridgehead atoms. The molecule has 0 aliphatic carbocycles. The molecule has 106 valence electrons. The first-order valence-corrected chi connectivity index (χ1v) is 5.86.